The van der Waals surface area contributed by atoms with Crippen LogP contribution in [0.3, 0.4) is 0 Å². The lowest BCUT2D eigenvalue weighted by molar-refractivity contribution is -0.146. The van der Waals surface area contributed by atoms with Crippen molar-refractivity contribution in [3.63, 3.8) is 0 Å². The highest BCUT2D eigenvalue weighted by molar-refractivity contribution is 7.99. The zero-order chi connectivity index (χ0) is 12.0. The SMILES string of the molecule is CCNC1(C(=O)O)CCCC(SCCO)C1. The van der Waals surface area contributed by atoms with E-state index in [4.69, 9.17) is 5.11 Å². The van der Waals surface area contributed by atoms with Crippen molar-refractivity contribution in [2.45, 2.75) is 43.4 Å². The van der Waals surface area contributed by atoms with Gasteiger partial charge in [0.15, 0.2) is 0 Å². The number of carbonyl (C=O) groups is 1. The van der Waals surface area contributed by atoms with Crippen LogP contribution in [0.5, 0.6) is 0 Å². The van der Waals surface area contributed by atoms with Crippen molar-refractivity contribution in [3.05, 3.63) is 0 Å². The predicted molar refractivity (Wildman–Crippen MR) is 65.8 cm³/mol. The lowest BCUT2D eigenvalue weighted by Gasteiger charge is -2.38. The molecule has 1 saturated carbocycles. The summed E-state index contributed by atoms with van der Waals surface area (Å²) < 4.78 is 0. The van der Waals surface area contributed by atoms with Gasteiger partial charge in [0.05, 0.1) is 6.61 Å². The largest absolute Gasteiger partial charge is 0.480 e. The fourth-order valence-electron chi connectivity index (χ4n) is 2.35. The van der Waals surface area contributed by atoms with Crippen molar-refractivity contribution in [2.24, 2.45) is 0 Å². The van der Waals surface area contributed by atoms with Gasteiger partial charge >= 0.3 is 5.97 Å². The molecule has 0 heterocycles. The van der Waals surface area contributed by atoms with E-state index in [1.165, 1.54) is 0 Å². The number of aliphatic hydroxyl groups is 1. The number of likely N-dealkylation sites (N-methyl/N-ethyl adjacent to an activating group) is 1. The Balaban J connectivity index is 2.60. The van der Waals surface area contributed by atoms with Gasteiger partial charge in [-0.05, 0) is 32.2 Å². The third-order valence-electron chi connectivity index (χ3n) is 3.08. The molecule has 1 fully saturated rings. The average Bonchev–Trinajstić information content (AvgIpc) is 2.27. The topological polar surface area (TPSA) is 69.6 Å². The number of carboxylic acids is 1. The van der Waals surface area contributed by atoms with Crippen molar-refractivity contribution in [1.29, 1.82) is 0 Å². The highest BCUT2D eigenvalue weighted by Gasteiger charge is 2.42. The van der Waals surface area contributed by atoms with Crippen LogP contribution in [-0.4, -0.2) is 45.9 Å². The molecule has 94 valence electrons. The van der Waals surface area contributed by atoms with Crippen molar-refractivity contribution in [3.8, 4) is 0 Å². The van der Waals surface area contributed by atoms with Crippen molar-refractivity contribution in [2.75, 3.05) is 18.9 Å². The molecule has 2 unspecified atom stereocenters. The molecule has 1 rings (SSSR count). The Kier molecular flexibility index (Phi) is 5.58. The summed E-state index contributed by atoms with van der Waals surface area (Å²) in [5.41, 5.74) is -0.736. The van der Waals surface area contributed by atoms with Gasteiger partial charge in [0.25, 0.3) is 0 Å². The summed E-state index contributed by atoms with van der Waals surface area (Å²) in [7, 11) is 0. The first-order valence-electron chi connectivity index (χ1n) is 5.85. The van der Waals surface area contributed by atoms with Gasteiger partial charge in [-0.25, -0.2) is 0 Å². The maximum absolute atomic E-state index is 11.4. The molecule has 0 aromatic rings. The average molecular weight is 247 g/mol. The van der Waals surface area contributed by atoms with Crippen molar-refractivity contribution < 1.29 is 15.0 Å². The quantitative estimate of drug-likeness (QED) is 0.655. The van der Waals surface area contributed by atoms with Crippen molar-refractivity contribution in [1.82, 2.24) is 5.32 Å². The lowest BCUT2D eigenvalue weighted by atomic mass is 9.81. The Morgan fingerprint density at radius 3 is 2.94 bits per heavy atom. The Morgan fingerprint density at radius 1 is 1.62 bits per heavy atom. The van der Waals surface area contributed by atoms with Crippen LogP contribution < -0.4 is 5.32 Å². The summed E-state index contributed by atoms with van der Waals surface area (Å²) in [5.74, 6) is -0.0318. The zero-order valence-corrected chi connectivity index (χ0v) is 10.6. The van der Waals surface area contributed by atoms with Crippen LogP contribution in [0.4, 0.5) is 0 Å². The third-order valence-corrected chi connectivity index (χ3v) is 4.37. The summed E-state index contributed by atoms with van der Waals surface area (Å²) in [6.07, 6.45) is 3.39. The van der Waals surface area contributed by atoms with E-state index in [2.05, 4.69) is 5.32 Å². The number of aliphatic carboxylic acids is 1. The third kappa shape index (κ3) is 3.37. The van der Waals surface area contributed by atoms with Crippen LogP contribution in [0.1, 0.15) is 32.6 Å². The van der Waals surface area contributed by atoms with E-state index in [0.717, 1.165) is 12.8 Å². The monoisotopic (exact) mass is 247 g/mol. The molecular formula is C11H21NO3S. The smallest absolute Gasteiger partial charge is 0.323 e. The molecule has 3 N–H and O–H groups in total. The lowest BCUT2D eigenvalue weighted by Crippen LogP contribution is -2.55. The first-order chi connectivity index (χ1) is 7.64. The molecule has 0 amide bonds. The van der Waals surface area contributed by atoms with Gasteiger partial charge in [-0.3, -0.25) is 4.79 Å². The summed E-state index contributed by atoms with van der Waals surface area (Å²) in [6.45, 7) is 2.79. The van der Waals surface area contributed by atoms with Gasteiger partial charge in [0.1, 0.15) is 5.54 Å². The molecule has 4 nitrogen and oxygen atoms in total. The Hall–Kier alpha value is -0.260. The number of nitrogens with one attached hydrogen (secondary N) is 1. The number of thioether (sulfide) groups is 1. The minimum atomic E-state index is -0.736. The van der Waals surface area contributed by atoms with E-state index < -0.39 is 11.5 Å². The molecule has 0 spiro atoms. The molecule has 0 aromatic carbocycles. The Labute approximate surface area is 101 Å². The summed E-state index contributed by atoms with van der Waals surface area (Å²) in [5, 5.41) is 21.6. The minimum absolute atomic E-state index is 0.169. The maximum atomic E-state index is 11.4. The number of hydrogen-bond acceptors (Lipinski definition) is 4. The van der Waals surface area contributed by atoms with Gasteiger partial charge in [-0.1, -0.05) is 6.92 Å². The first-order valence-corrected chi connectivity index (χ1v) is 6.90. The highest BCUT2D eigenvalue weighted by atomic mass is 32.2. The van der Waals surface area contributed by atoms with Gasteiger partial charge in [-0.15, -0.1) is 0 Å². The minimum Gasteiger partial charge on any atom is -0.480 e. The molecule has 5 heteroatoms. The molecule has 16 heavy (non-hydrogen) atoms. The molecule has 0 bridgehead atoms. The van der Waals surface area contributed by atoms with Gasteiger partial charge in [0, 0.05) is 11.0 Å². The van der Waals surface area contributed by atoms with E-state index in [-0.39, 0.29) is 6.61 Å². The number of carboxylic acid groups (broad SMARTS) is 1. The molecule has 0 aromatic heterocycles. The second-order valence-corrected chi connectivity index (χ2v) is 5.64. The van der Waals surface area contributed by atoms with E-state index in [1.54, 1.807) is 11.8 Å². The number of hydrogen-bond donors (Lipinski definition) is 3. The van der Waals surface area contributed by atoms with Crippen LogP contribution in [0, 0.1) is 0 Å². The number of aliphatic hydroxyl groups excluding tert-OH is 1. The van der Waals surface area contributed by atoms with Crippen LogP contribution >= 0.6 is 11.8 Å². The van der Waals surface area contributed by atoms with Crippen LogP contribution in [0.2, 0.25) is 0 Å². The zero-order valence-electron chi connectivity index (χ0n) is 9.74. The molecule has 1 aliphatic carbocycles. The maximum Gasteiger partial charge on any atom is 0.323 e. The van der Waals surface area contributed by atoms with E-state index in [1.807, 2.05) is 6.92 Å². The second-order valence-electron chi connectivity index (χ2n) is 4.23. The number of rotatable bonds is 6. The fraction of sp³-hybridized carbons (Fsp3) is 0.909. The standard InChI is InChI=1S/C11H21NO3S/c1-2-12-11(10(14)15)5-3-4-9(8-11)16-7-6-13/h9,12-13H,2-8H2,1H3,(H,14,15). The summed E-state index contributed by atoms with van der Waals surface area (Å²) >= 11 is 1.69. The second kappa shape index (κ2) is 6.47. The Morgan fingerprint density at radius 2 is 2.38 bits per heavy atom. The molecule has 1 aliphatic rings. The van der Waals surface area contributed by atoms with Crippen molar-refractivity contribution >= 4 is 17.7 Å². The van der Waals surface area contributed by atoms with Gasteiger partial charge in [-0.2, -0.15) is 11.8 Å². The van der Waals surface area contributed by atoms with Crippen LogP contribution in [0.25, 0.3) is 0 Å². The highest BCUT2D eigenvalue weighted by Crippen LogP contribution is 2.35. The summed E-state index contributed by atoms with van der Waals surface area (Å²) in [4.78, 5) is 11.4. The summed E-state index contributed by atoms with van der Waals surface area (Å²) in [6, 6.07) is 0. The molecule has 2 atom stereocenters. The van der Waals surface area contributed by atoms with Crippen LogP contribution in [0.15, 0.2) is 0 Å². The molecular weight excluding hydrogens is 226 g/mol. The molecule has 0 radical (unpaired) electrons. The van der Waals surface area contributed by atoms with Crippen LogP contribution in [-0.2, 0) is 4.79 Å². The van der Waals surface area contributed by atoms with E-state index in [0.29, 0.717) is 30.4 Å². The molecule has 0 aliphatic heterocycles. The predicted octanol–water partition coefficient (Wildman–Crippen LogP) is 1.09. The van der Waals surface area contributed by atoms with E-state index >= 15 is 0 Å². The normalized spacial score (nSPS) is 30.2. The van der Waals surface area contributed by atoms with Gasteiger partial charge in [0.2, 0.25) is 0 Å². The molecule has 0 saturated heterocycles. The van der Waals surface area contributed by atoms with E-state index in [9.17, 15) is 9.90 Å². The first kappa shape index (κ1) is 13.8. The Bertz CT molecular complexity index is 233. The van der Waals surface area contributed by atoms with Gasteiger partial charge < -0.3 is 15.5 Å². The fourth-order valence-corrected chi connectivity index (χ4v) is 3.53.